The summed E-state index contributed by atoms with van der Waals surface area (Å²) in [5.74, 6) is 1.81. The van der Waals surface area contributed by atoms with Crippen molar-refractivity contribution in [1.29, 1.82) is 0 Å². The van der Waals surface area contributed by atoms with E-state index in [0.29, 0.717) is 6.61 Å². The molecule has 1 aliphatic heterocycles. The second kappa shape index (κ2) is 6.29. The third kappa shape index (κ3) is 3.87. The first-order valence-electron chi connectivity index (χ1n) is 7.27. The second-order valence-corrected chi connectivity index (χ2v) is 5.73. The van der Waals surface area contributed by atoms with Gasteiger partial charge in [-0.15, -0.1) is 0 Å². The van der Waals surface area contributed by atoms with Crippen LogP contribution in [0.3, 0.4) is 0 Å². The van der Waals surface area contributed by atoms with Crippen molar-refractivity contribution in [1.82, 2.24) is 5.32 Å². The minimum absolute atomic E-state index is 0.110. The van der Waals surface area contributed by atoms with Gasteiger partial charge < -0.3 is 14.8 Å². The Labute approximate surface area is 116 Å². The number of ether oxygens (including phenoxy) is 2. The van der Waals surface area contributed by atoms with Crippen molar-refractivity contribution in [3.8, 4) is 11.5 Å². The average molecular weight is 263 g/mol. The highest BCUT2D eigenvalue weighted by Gasteiger charge is 2.32. The Balaban J connectivity index is 1.84. The number of unbranched alkanes of at least 4 members (excludes halogenated alkanes) is 1. The number of nitrogens with one attached hydrogen (secondary N) is 1. The normalized spacial score (nSPS) is 15.9. The Morgan fingerprint density at radius 3 is 2.95 bits per heavy atom. The van der Waals surface area contributed by atoms with Gasteiger partial charge in [0.2, 0.25) is 0 Å². The van der Waals surface area contributed by atoms with Crippen LogP contribution in [0.2, 0.25) is 0 Å². The maximum atomic E-state index is 5.98. The molecular formula is C16H25NO2. The van der Waals surface area contributed by atoms with Crippen LogP contribution in [0, 0.1) is 0 Å². The highest BCUT2D eigenvalue weighted by molar-refractivity contribution is 5.50. The van der Waals surface area contributed by atoms with E-state index in [-0.39, 0.29) is 5.60 Å². The molecule has 0 fully saturated rings. The Morgan fingerprint density at radius 2 is 2.16 bits per heavy atom. The summed E-state index contributed by atoms with van der Waals surface area (Å²) < 4.78 is 11.8. The predicted molar refractivity (Wildman–Crippen MR) is 78.1 cm³/mol. The van der Waals surface area contributed by atoms with Crippen LogP contribution in [0.15, 0.2) is 18.2 Å². The molecule has 1 N–H and O–H groups in total. The van der Waals surface area contributed by atoms with Gasteiger partial charge >= 0.3 is 0 Å². The van der Waals surface area contributed by atoms with Crippen molar-refractivity contribution in [2.45, 2.75) is 45.6 Å². The molecule has 19 heavy (non-hydrogen) atoms. The summed E-state index contributed by atoms with van der Waals surface area (Å²) >= 11 is 0. The molecule has 0 radical (unpaired) electrons. The van der Waals surface area contributed by atoms with E-state index >= 15 is 0 Å². The van der Waals surface area contributed by atoms with Crippen molar-refractivity contribution in [3.63, 3.8) is 0 Å². The molecule has 3 heteroatoms. The van der Waals surface area contributed by atoms with E-state index in [1.165, 1.54) is 18.4 Å². The summed E-state index contributed by atoms with van der Waals surface area (Å²) in [4.78, 5) is 0. The molecule has 2 rings (SSSR count). The first kappa shape index (κ1) is 14.2. The van der Waals surface area contributed by atoms with Crippen LogP contribution in [-0.2, 0) is 6.42 Å². The smallest absolute Gasteiger partial charge is 0.165 e. The lowest BCUT2D eigenvalue weighted by molar-refractivity contribution is 0.132. The fourth-order valence-corrected chi connectivity index (χ4v) is 2.36. The summed E-state index contributed by atoms with van der Waals surface area (Å²) in [6.07, 6.45) is 3.40. The van der Waals surface area contributed by atoms with Crippen LogP contribution in [0.5, 0.6) is 11.5 Å². The Bertz CT molecular complexity index is 415. The number of rotatable bonds is 7. The van der Waals surface area contributed by atoms with E-state index < -0.39 is 0 Å². The molecule has 0 atom stereocenters. The quantitative estimate of drug-likeness (QED) is 0.766. The molecule has 0 aromatic heterocycles. The van der Waals surface area contributed by atoms with E-state index in [1.807, 2.05) is 12.1 Å². The summed E-state index contributed by atoms with van der Waals surface area (Å²) in [6, 6.07) is 6.16. The highest BCUT2D eigenvalue weighted by atomic mass is 16.5. The average Bonchev–Trinajstić information content (AvgIpc) is 2.68. The Morgan fingerprint density at radius 1 is 1.32 bits per heavy atom. The standard InChI is InChI=1S/C16H25NO2/c1-4-5-9-17-10-11-18-14-8-6-7-13-12-16(2,3)19-15(13)14/h6-8,17H,4-5,9-12H2,1-3H3. The van der Waals surface area contributed by atoms with E-state index in [1.54, 1.807) is 0 Å². The van der Waals surface area contributed by atoms with Crippen LogP contribution >= 0.6 is 0 Å². The first-order chi connectivity index (χ1) is 9.12. The Hall–Kier alpha value is -1.22. The van der Waals surface area contributed by atoms with Gasteiger partial charge in [-0.2, -0.15) is 0 Å². The van der Waals surface area contributed by atoms with E-state index in [0.717, 1.165) is 31.0 Å². The van der Waals surface area contributed by atoms with Crippen LogP contribution in [0.1, 0.15) is 39.2 Å². The topological polar surface area (TPSA) is 30.5 Å². The fourth-order valence-electron chi connectivity index (χ4n) is 2.36. The number of fused-ring (bicyclic) bond motifs is 1. The summed E-state index contributed by atoms with van der Waals surface area (Å²) in [5, 5.41) is 3.37. The van der Waals surface area contributed by atoms with Crippen molar-refractivity contribution in [2.24, 2.45) is 0 Å². The molecule has 1 aliphatic rings. The molecule has 1 aromatic rings. The highest BCUT2D eigenvalue weighted by Crippen LogP contribution is 2.41. The van der Waals surface area contributed by atoms with Gasteiger partial charge in [0.1, 0.15) is 12.2 Å². The molecule has 106 valence electrons. The van der Waals surface area contributed by atoms with Gasteiger partial charge in [-0.25, -0.2) is 0 Å². The fraction of sp³-hybridized carbons (Fsp3) is 0.625. The van der Waals surface area contributed by atoms with E-state index in [2.05, 4.69) is 32.2 Å². The largest absolute Gasteiger partial charge is 0.488 e. The summed E-state index contributed by atoms with van der Waals surface area (Å²) in [6.45, 7) is 9.06. The van der Waals surface area contributed by atoms with Gasteiger partial charge in [-0.05, 0) is 32.9 Å². The lowest BCUT2D eigenvalue weighted by Crippen LogP contribution is -2.25. The number of hydrogen-bond donors (Lipinski definition) is 1. The zero-order valence-electron chi connectivity index (χ0n) is 12.3. The van der Waals surface area contributed by atoms with Gasteiger partial charge in [-0.3, -0.25) is 0 Å². The van der Waals surface area contributed by atoms with Gasteiger partial charge in [0.05, 0.1) is 0 Å². The first-order valence-corrected chi connectivity index (χ1v) is 7.27. The third-order valence-electron chi connectivity index (χ3n) is 3.30. The summed E-state index contributed by atoms with van der Waals surface area (Å²) in [5.41, 5.74) is 1.14. The molecule has 0 amide bonds. The second-order valence-electron chi connectivity index (χ2n) is 5.73. The van der Waals surface area contributed by atoms with E-state index in [4.69, 9.17) is 9.47 Å². The molecule has 1 heterocycles. The van der Waals surface area contributed by atoms with Crippen molar-refractivity contribution < 1.29 is 9.47 Å². The molecular weight excluding hydrogens is 238 g/mol. The summed E-state index contributed by atoms with van der Waals surface area (Å²) in [7, 11) is 0. The zero-order chi connectivity index (χ0) is 13.7. The molecule has 3 nitrogen and oxygen atoms in total. The van der Waals surface area contributed by atoms with Gasteiger partial charge in [-0.1, -0.05) is 25.5 Å². The molecule has 0 saturated carbocycles. The zero-order valence-corrected chi connectivity index (χ0v) is 12.3. The predicted octanol–water partition coefficient (Wildman–Crippen LogP) is 3.17. The molecule has 0 spiro atoms. The van der Waals surface area contributed by atoms with Crippen LogP contribution in [0.4, 0.5) is 0 Å². The van der Waals surface area contributed by atoms with Crippen molar-refractivity contribution in [2.75, 3.05) is 19.7 Å². The van der Waals surface area contributed by atoms with Gasteiger partial charge in [0.25, 0.3) is 0 Å². The van der Waals surface area contributed by atoms with Crippen LogP contribution in [-0.4, -0.2) is 25.3 Å². The lowest BCUT2D eigenvalue weighted by atomic mass is 10.0. The third-order valence-corrected chi connectivity index (χ3v) is 3.30. The molecule has 0 unspecified atom stereocenters. The number of hydrogen-bond acceptors (Lipinski definition) is 3. The Kier molecular flexibility index (Phi) is 4.70. The minimum atomic E-state index is -0.110. The lowest BCUT2D eigenvalue weighted by Gasteiger charge is -2.18. The van der Waals surface area contributed by atoms with E-state index in [9.17, 15) is 0 Å². The number of para-hydroxylation sites is 1. The van der Waals surface area contributed by atoms with Gasteiger partial charge in [0.15, 0.2) is 11.5 Å². The number of benzene rings is 1. The van der Waals surface area contributed by atoms with Gasteiger partial charge in [0, 0.05) is 18.5 Å². The van der Waals surface area contributed by atoms with Crippen LogP contribution < -0.4 is 14.8 Å². The minimum Gasteiger partial charge on any atom is -0.488 e. The molecule has 0 aliphatic carbocycles. The maximum absolute atomic E-state index is 5.98. The molecule has 1 aromatic carbocycles. The SMILES string of the molecule is CCCCNCCOc1cccc2c1OC(C)(C)C2. The van der Waals surface area contributed by atoms with Crippen molar-refractivity contribution in [3.05, 3.63) is 23.8 Å². The van der Waals surface area contributed by atoms with Crippen molar-refractivity contribution >= 4 is 0 Å². The molecule has 0 bridgehead atoms. The maximum Gasteiger partial charge on any atom is 0.165 e. The monoisotopic (exact) mass is 263 g/mol. The molecule has 0 saturated heterocycles. The van der Waals surface area contributed by atoms with Crippen LogP contribution in [0.25, 0.3) is 0 Å².